The predicted octanol–water partition coefficient (Wildman–Crippen LogP) is 8.86. The zero-order valence-corrected chi connectivity index (χ0v) is 27.9. The number of H-pyrrole nitrogens is 1. The number of nitrogens with one attached hydrogen (secondary N) is 1. The van der Waals surface area contributed by atoms with E-state index in [9.17, 15) is 9.59 Å². The van der Waals surface area contributed by atoms with Crippen LogP contribution in [0, 0.1) is 28.6 Å². The first-order valence-corrected chi connectivity index (χ1v) is 15.9. The van der Waals surface area contributed by atoms with E-state index in [1.165, 1.54) is 4.40 Å². The predicted molar refractivity (Wildman–Crippen MR) is 176 cm³/mol. The molecule has 1 aliphatic rings. The van der Waals surface area contributed by atoms with Gasteiger partial charge in [0.2, 0.25) is 0 Å². The lowest BCUT2D eigenvalue weighted by Gasteiger charge is -2.50. The van der Waals surface area contributed by atoms with Gasteiger partial charge in [-0.2, -0.15) is 4.98 Å². The highest BCUT2D eigenvalue weighted by molar-refractivity contribution is 6.34. The fraction of sp³-hybridized carbons (Fsp3) is 0.457. The zero-order chi connectivity index (χ0) is 32.0. The van der Waals surface area contributed by atoms with E-state index in [1.807, 2.05) is 30.3 Å². The van der Waals surface area contributed by atoms with Crippen LogP contribution in [0.15, 0.2) is 59.4 Å². The lowest BCUT2D eigenvalue weighted by Crippen LogP contribution is -2.49. The zero-order valence-electron chi connectivity index (χ0n) is 26.4. The average Bonchev–Trinajstić information content (AvgIpc) is 3.25. The van der Waals surface area contributed by atoms with Crippen LogP contribution in [-0.4, -0.2) is 26.4 Å². The van der Waals surface area contributed by atoms with Gasteiger partial charge in [-0.25, -0.2) is 14.0 Å². The molecule has 9 heteroatoms. The Morgan fingerprint density at radius 2 is 1.55 bits per heavy atom. The normalized spacial score (nSPS) is 20.9. The Morgan fingerprint density at radius 1 is 0.955 bits per heavy atom. The average molecular weight is 639 g/mol. The lowest BCUT2D eigenvalue weighted by atomic mass is 9.59. The summed E-state index contributed by atoms with van der Waals surface area (Å²) in [5, 5.41) is 0.581. The number of rotatable bonds is 6. The van der Waals surface area contributed by atoms with E-state index in [-0.39, 0.29) is 57.8 Å². The number of carbonyl (C=O) groups is 1. The van der Waals surface area contributed by atoms with Gasteiger partial charge in [0, 0.05) is 22.4 Å². The molecule has 234 valence electrons. The van der Waals surface area contributed by atoms with Gasteiger partial charge in [-0.15, -0.1) is 0 Å². The van der Waals surface area contributed by atoms with E-state index >= 15 is 0 Å². The summed E-state index contributed by atoms with van der Waals surface area (Å²) in [6.07, 6.45) is 1.55. The molecule has 1 saturated carbocycles. The molecule has 5 rings (SSSR count). The first kappa shape index (κ1) is 32.1. The summed E-state index contributed by atoms with van der Waals surface area (Å²) in [6, 6.07) is 16.5. The summed E-state index contributed by atoms with van der Waals surface area (Å²) in [7, 11) is 0. The number of fused-ring (bicyclic) bond motifs is 1. The van der Waals surface area contributed by atoms with E-state index in [4.69, 9.17) is 32.7 Å². The highest BCUT2D eigenvalue weighted by Gasteiger charge is 2.48. The Balaban J connectivity index is 1.65. The van der Waals surface area contributed by atoms with E-state index in [0.29, 0.717) is 22.1 Å². The molecule has 0 bridgehead atoms. The molecule has 0 saturated heterocycles. The Labute approximate surface area is 268 Å². The molecule has 2 atom stereocenters. The minimum absolute atomic E-state index is 0.0242. The monoisotopic (exact) mass is 637 g/mol. The van der Waals surface area contributed by atoms with Crippen LogP contribution < -0.4 is 10.4 Å². The lowest BCUT2D eigenvalue weighted by molar-refractivity contribution is -0.0922. The van der Waals surface area contributed by atoms with Crippen LogP contribution >= 0.6 is 23.2 Å². The molecule has 1 N–H and O–H groups in total. The van der Waals surface area contributed by atoms with E-state index in [2.05, 4.69) is 58.4 Å². The van der Waals surface area contributed by atoms with Gasteiger partial charge in [-0.3, -0.25) is 4.98 Å². The molecular weight excluding hydrogens is 597 g/mol. The molecule has 0 amide bonds. The number of aromatic nitrogens is 3. The summed E-state index contributed by atoms with van der Waals surface area (Å²) >= 11 is 13.1. The number of benzene rings is 2. The van der Waals surface area contributed by atoms with Crippen molar-refractivity contribution in [2.75, 3.05) is 0 Å². The van der Waals surface area contributed by atoms with Crippen molar-refractivity contribution in [1.82, 2.24) is 14.4 Å². The van der Waals surface area contributed by atoms with Gasteiger partial charge in [0.05, 0.1) is 0 Å². The Bertz CT molecular complexity index is 1680. The fourth-order valence-electron chi connectivity index (χ4n) is 6.51. The minimum Gasteiger partial charge on any atom is -0.460 e. The van der Waals surface area contributed by atoms with Crippen molar-refractivity contribution < 1.29 is 14.3 Å². The summed E-state index contributed by atoms with van der Waals surface area (Å²) in [5.41, 5.74) is 1.28. The van der Waals surface area contributed by atoms with Crippen LogP contribution in [-0.2, 0) is 11.3 Å². The van der Waals surface area contributed by atoms with Crippen molar-refractivity contribution in [2.24, 2.45) is 28.6 Å². The molecule has 1 fully saturated rings. The molecule has 0 spiro atoms. The van der Waals surface area contributed by atoms with E-state index in [0.717, 1.165) is 18.4 Å². The number of hydrogen-bond donors (Lipinski definition) is 1. The van der Waals surface area contributed by atoms with Gasteiger partial charge in [-0.1, -0.05) is 114 Å². The third-order valence-corrected chi connectivity index (χ3v) is 9.45. The molecule has 2 aromatic heterocycles. The molecule has 2 aromatic carbocycles. The Hall–Kier alpha value is -3.29. The molecule has 44 heavy (non-hydrogen) atoms. The smallest absolute Gasteiger partial charge is 0.342 e. The van der Waals surface area contributed by atoms with Crippen LogP contribution in [0.25, 0.3) is 16.8 Å². The van der Waals surface area contributed by atoms with Crippen molar-refractivity contribution in [3.63, 3.8) is 0 Å². The second-order valence-electron chi connectivity index (χ2n) is 14.2. The van der Waals surface area contributed by atoms with Crippen LogP contribution in [0.3, 0.4) is 0 Å². The molecule has 7 nitrogen and oxygen atoms in total. The number of hydrogen-bond acceptors (Lipinski definition) is 5. The number of ether oxygens (including phenoxy) is 2. The quantitative estimate of drug-likeness (QED) is 0.213. The number of halogens is 2. The largest absolute Gasteiger partial charge is 0.460 e. The van der Waals surface area contributed by atoms with Crippen LogP contribution in [0.1, 0.15) is 77.2 Å². The molecule has 4 aromatic rings. The number of aromatic amines is 1. The third-order valence-electron chi connectivity index (χ3n) is 8.84. The molecule has 2 heterocycles. The van der Waals surface area contributed by atoms with Gasteiger partial charge >= 0.3 is 11.7 Å². The third kappa shape index (κ3) is 6.54. The maximum Gasteiger partial charge on any atom is 0.342 e. The molecular formula is C35H41Cl2N3O4. The van der Waals surface area contributed by atoms with Crippen molar-refractivity contribution in [2.45, 2.75) is 74.0 Å². The molecule has 0 radical (unpaired) electrons. The van der Waals surface area contributed by atoms with Crippen molar-refractivity contribution >= 4 is 34.8 Å². The highest BCUT2D eigenvalue weighted by atomic mass is 35.5. The van der Waals surface area contributed by atoms with E-state index in [1.54, 1.807) is 24.3 Å². The summed E-state index contributed by atoms with van der Waals surface area (Å²) in [6.45, 7) is 15.7. The second kappa shape index (κ2) is 12.2. The van der Waals surface area contributed by atoms with Gasteiger partial charge in [-0.05, 0) is 52.8 Å². The second-order valence-corrected chi connectivity index (χ2v) is 15.0. The van der Waals surface area contributed by atoms with Gasteiger partial charge in [0.25, 0.3) is 6.01 Å². The Kier molecular flexibility index (Phi) is 8.94. The summed E-state index contributed by atoms with van der Waals surface area (Å²) < 4.78 is 13.7. The standard InChI is InChI=1S/C35H41Cl2N3O4/c1-20-17-24(34(2,3)4)28(25(18-20)35(5,6)7)44-31(41)27-26(22-13-15-23(36)16-14-22)29(37)40-30(27)38-32(39-33(40)42)43-19-21-11-9-8-10-12-21/h8-16,20,24-25,28H,17-19H2,1-7H3,(H,38,39,42). The highest BCUT2D eigenvalue weighted by Crippen LogP contribution is 2.50. The number of esters is 1. The van der Waals surface area contributed by atoms with Crippen molar-refractivity contribution in [3.05, 3.63) is 86.4 Å². The van der Waals surface area contributed by atoms with Crippen molar-refractivity contribution in [3.8, 4) is 17.1 Å². The van der Waals surface area contributed by atoms with Gasteiger partial charge in [0.1, 0.15) is 23.4 Å². The molecule has 1 aliphatic carbocycles. The first-order valence-electron chi connectivity index (χ1n) is 15.1. The first-order chi connectivity index (χ1) is 20.6. The van der Waals surface area contributed by atoms with Crippen LogP contribution in [0.5, 0.6) is 6.01 Å². The molecule has 2 unspecified atom stereocenters. The molecule has 0 aliphatic heterocycles. The van der Waals surface area contributed by atoms with E-state index < -0.39 is 11.7 Å². The SMILES string of the molecule is CC1CC(C(C)(C)C)C(OC(=O)c2c(-c3ccc(Cl)cc3)c(Cl)n3c(=O)[nH]c(OCc4ccccc4)nc23)C(C(C)(C)C)C1. The minimum atomic E-state index is -0.580. The number of nitrogens with zero attached hydrogens (tertiary/aromatic N) is 2. The Morgan fingerprint density at radius 3 is 2.11 bits per heavy atom. The summed E-state index contributed by atoms with van der Waals surface area (Å²) in [5.74, 6) is 0.180. The van der Waals surface area contributed by atoms with Crippen LogP contribution in [0.4, 0.5) is 0 Å². The van der Waals surface area contributed by atoms with Crippen LogP contribution in [0.2, 0.25) is 10.2 Å². The maximum atomic E-state index is 14.5. The van der Waals surface area contributed by atoms with Gasteiger partial charge < -0.3 is 9.47 Å². The van der Waals surface area contributed by atoms with Gasteiger partial charge in [0.15, 0.2) is 5.65 Å². The van der Waals surface area contributed by atoms with Crippen molar-refractivity contribution in [1.29, 1.82) is 0 Å². The summed E-state index contributed by atoms with van der Waals surface area (Å²) in [4.78, 5) is 35.2. The number of carbonyl (C=O) groups excluding carboxylic acids is 1. The fourth-order valence-corrected chi connectivity index (χ4v) is 7.00. The maximum absolute atomic E-state index is 14.5. The topological polar surface area (TPSA) is 85.7 Å².